The number of guanidine groups is 1. The Morgan fingerprint density at radius 1 is 1.35 bits per heavy atom. The fourth-order valence-electron chi connectivity index (χ4n) is 3.47. The van der Waals surface area contributed by atoms with Crippen molar-refractivity contribution in [2.75, 3.05) is 42.5 Å². The van der Waals surface area contributed by atoms with E-state index in [1.165, 1.54) is 22.9 Å². The van der Waals surface area contributed by atoms with Crippen molar-refractivity contribution in [2.24, 2.45) is 4.99 Å². The lowest BCUT2D eigenvalue weighted by atomic mass is 10.1. The topological polar surface area (TPSA) is 73.8 Å². The Kier molecular flexibility index (Phi) is 6.02. The van der Waals surface area contributed by atoms with Gasteiger partial charge in [-0.05, 0) is 43.6 Å². The first-order valence-electron chi connectivity index (χ1n) is 9.10. The van der Waals surface area contributed by atoms with Crippen molar-refractivity contribution in [3.05, 3.63) is 29.8 Å². The van der Waals surface area contributed by atoms with Gasteiger partial charge in [0.2, 0.25) is 10.0 Å². The highest BCUT2D eigenvalue weighted by molar-refractivity contribution is 8.00. The molecule has 8 heteroatoms. The van der Waals surface area contributed by atoms with Crippen LogP contribution in [0.1, 0.15) is 25.3 Å². The molecule has 1 aromatic carbocycles. The fraction of sp³-hybridized carbons (Fsp3) is 0.611. The third-order valence-corrected chi connectivity index (χ3v) is 8.30. The summed E-state index contributed by atoms with van der Waals surface area (Å²) in [5.41, 5.74) is 1.92. The van der Waals surface area contributed by atoms with Crippen LogP contribution in [0.5, 0.6) is 0 Å². The molecule has 2 aliphatic rings. The number of hydrogen-bond donors (Lipinski definition) is 2. The van der Waals surface area contributed by atoms with Crippen LogP contribution in [0.3, 0.4) is 0 Å². The van der Waals surface area contributed by atoms with Crippen LogP contribution in [0, 0.1) is 0 Å². The van der Waals surface area contributed by atoms with E-state index >= 15 is 0 Å². The number of anilines is 1. The molecule has 0 aromatic heterocycles. The third-order valence-electron chi connectivity index (χ3n) is 4.99. The molecule has 0 amide bonds. The number of fused-ring (bicyclic) bond motifs is 1. The van der Waals surface area contributed by atoms with Crippen LogP contribution >= 0.6 is 11.8 Å². The first-order chi connectivity index (χ1) is 12.4. The van der Waals surface area contributed by atoms with Crippen LogP contribution in [0.4, 0.5) is 5.69 Å². The van der Waals surface area contributed by atoms with Crippen LogP contribution in [0.2, 0.25) is 0 Å². The van der Waals surface area contributed by atoms with E-state index in [2.05, 4.69) is 22.5 Å². The molecule has 2 N–H and O–H groups in total. The van der Waals surface area contributed by atoms with Crippen molar-refractivity contribution >= 4 is 33.4 Å². The fourth-order valence-corrected chi connectivity index (χ4v) is 6.15. The number of nitrogens with zero attached hydrogens (tertiary/aromatic N) is 2. The van der Waals surface area contributed by atoms with E-state index in [4.69, 9.17) is 0 Å². The van der Waals surface area contributed by atoms with Gasteiger partial charge in [-0.3, -0.25) is 9.30 Å². The second-order valence-corrected chi connectivity index (χ2v) is 10.7. The number of hydrogen-bond acceptors (Lipinski definition) is 4. The largest absolute Gasteiger partial charge is 0.355 e. The quantitative estimate of drug-likeness (QED) is 0.567. The van der Waals surface area contributed by atoms with E-state index < -0.39 is 10.0 Å². The molecule has 1 unspecified atom stereocenters. The van der Waals surface area contributed by atoms with E-state index in [1.807, 2.05) is 36.0 Å². The number of sulfonamides is 1. The van der Waals surface area contributed by atoms with Crippen molar-refractivity contribution in [3.63, 3.8) is 0 Å². The Balaban J connectivity index is 1.50. The van der Waals surface area contributed by atoms with Gasteiger partial charge in [0.05, 0.1) is 11.4 Å². The molecule has 2 heterocycles. The highest BCUT2D eigenvalue weighted by Gasteiger charge is 2.30. The van der Waals surface area contributed by atoms with E-state index in [0.717, 1.165) is 24.2 Å². The zero-order chi connectivity index (χ0) is 18.6. The summed E-state index contributed by atoms with van der Waals surface area (Å²) in [4.78, 5) is 4.21. The Bertz CT molecular complexity index is 758. The number of thioether (sulfide) groups is 1. The minimum Gasteiger partial charge on any atom is -0.355 e. The van der Waals surface area contributed by atoms with E-state index in [9.17, 15) is 8.42 Å². The maximum absolute atomic E-state index is 12.7. The van der Waals surface area contributed by atoms with Crippen molar-refractivity contribution in [3.8, 4) is 0 Å². The Hall–Kier alpha value is -1.41. The van der Waals surface area contributed by atoms with Gasteiger partial charge >= 0.3 is 0 Å². The van der Waals surface area contributed by atoms with Gasteiger partial charge < -0.3 is 10.6 Å². The second-order valence-electron chi connectivity index (χ2n) is 7.02. The number of benzene rings is 1. The predicted octanol–water partition coefficient (Wildman–Crippen LogP) is 1.83. The minimum absolute atomic E-state index is 0.0497. The van der Waals surface area contributed by atoms with Gasteiger partial charge in [-0.1, -0.05) is 18.2 Å². The molecular formula is C18H28N4O2S2. The van der Waals surface area contributed by atoms with Gasteiger partial charge in [0.1, 0.15) is 0 Å². The smallest absolute Gasteiger partial charge is 0.236 e. The van der Waals surface area contributed by atoms with Gasteiger partial charge in [0.25, 0.3) is 0 Å². The van der Waals surface area contributed by atoms with Gasteiger partial charge in [-0.15, -0.1) is 0 Å². The van der Waals surface area contributed by atoms with Crippen LogP contribution < -0.4 is 14.9 Å². The summed E-state index contributed by atoms with van der Waals surface area (Å²) >= 11 is 1.99. The number of nitrogens with one attached hydrogen (secondary N) is 2. The van der Waals surface area contributed by atoms with Crippen molar-refractivity contribution in [2.45, 2.75) is 30.9 Å². The summed E-state index contributed by atoms with van der Waals surface area (Å²) in [5, 5.41) is 6.47. The third kappa shape index (κ3) is 4.46. The SMILES string of the molecule is CN=C(NCCS(=O)(=O)N1CCc2ccccc21)NCC1(C)CCCS1. The lowest BCUT2D eigenvalue weighted by Crippen LogP contribution is -2.45. The molecule has 3 rings (SSSR count). The van der Waals surface area contributed by atoms with Crippen LogP contribution in [-0.2, 0) is 16.4 Å². The van der Waals surface area contributed by atoms with Gasteiger partial charge in [0.15, 0.2) is 5.96 Å². The molecular weight excluding hydrogens is 368 g/mol. The Labute approximate surface area is 160 Å². The molecule has 144 valence electrons. The standard InChI is InChI=1S/C18H28N4O2S2/c1-18(9-5-12-25-18)14-21-17(19-2)20-10-13-26(23,24)22-11-8-15-6-3-4-7-16(15)22/h3-4,6-7H,5,8-14H2,1-2H3,(H2,19,20,21). The van der Waals surface area contributed by atoms with Crippen molar-refractivity contribution in [1.29, 1.82) is 0 Å². The zero-order valence-corrected chi connectivity index (χ0v) is 17.1. The molecule has 6 nitrogen and oxygen atoms in total. The summed E-state index contributed by atoms with van der Waals surface area (Å²) in [6, 6.07) is 7.72. The highest BCUT2D eigenvalue weighted by atomic mass is 32.2. The lowest BCUT2D eigenvalue weighted by Gasteiger charge is -2.24. The predicted molar refractivity (Wildman–Crippen MR) is 111 cm³/mol. The molecule has 1 aromatic rings. The first kappa shape index (κ1) is 19.4. The molecule has 1 fully saturated rings. The van der Waals surface area contributed by atoms with Gasteiger partial charge in [0, 0.05) is 31.4 Å². The second kappa shape index (κ2) is 8.08. The summed E-state index contributed by atoms with van der Waals surface area (Å²) in [5.74, 6) is 1.92. The minimum atomic E-state index is -3.34. The first-order valence-corrected chi connectivity index (χ1v) is 11.7. The van der Waals surface area contributed by atoms with Crippen molar-refractivity contribution < 1.29 is 8.42 Å². The molecule has 26 heavy (non-hydrogen) atoms. The monoisotopic (exact) mass is 396 g/mol. The summed E-state index contributed by atoms with van der Waals surface area (Å²) in [7, 11) is -1.62. The maximum Gasteiger partial charge on any atom is 0.236 e. The molecule has 0 radical (unpaired) electrons. The molecule has 1 atom stereocenters. The van der Waals surface area contributed by atoms with Crippen LogP contribution in [0.25, 0.3) is 0 Å². The molecule has 1 saturated heterocycles. The van der Waals surface area contributed by atoms with Gasteiger partial charge in [-0.25, -0.2) is 8.42 Å². The number of rotatable bonds is 6. The van der Waals surface area contributed by atoms with Crippen LogP contribution in [0.15, 0.2) is 29.3 Å². The molecule has 0 aliphatic carbocycles. The average Bonchev–Trinajstić information content (AvgIpc) is 3.25. The maximum atomic E-state index is 12.7. The zero-order valence-electron chi connectivity index (χ0n) is 15.5. The number of para-hydroxylation sites is 1. The van der Waals surface area contributed by atoms with E-state index in [1.54, 1.807) is 7.05 Å². The molecule has 0 bridgehead atoms. The Morgan fingerprint density at radius 3 is 2.88 bits per heavy atom. The summed E-state index contributed by atoms with van der Waals surface area (Å²) < 4.78 is 27.2. The number of aliphatic imine (C=N–C) groups is 1. The van der Waals surface area contributed by atoms with Gasteiger partial charge in [-0.2, -0.15) is 11.8 Å². The average molecular weight is 397 g/mol. The summed E-state index contributed by atoms with van der Waals surface area (Å²) in [6.45, 7) is 3.97. The lowest BCUT2D eigenvalue weighted by molar-refractivity contribution is 0.582. The van der Waals surface area contributed by atoms with Crippen LogP contribution in [-0.4, -0.2) is 57.3 Å². The molecule has 0 spiro atoms. The molecule has 0 saturated carbocycles. The normalized spacial score (nSPS) is 23.2. The highest BCUT2D eigenvalue weighted by Crippen LogP contribution is 2.36. The van der Waals surface area contributed by atoms with Crippen molar-refractivity contribution in [1.82, 2.24) is 10.6 Å². The molecule has 2 aliphatic heterocycles. The summed E-state index contributed by atoms with van der Waals surface area (Å²) in [6.07, 6.45) is 3.23. The van der Waals surface area contributed by atoms with E-state index in [0.29, 0.717) is 19.0 Å². The van der Waals surface area contributed by atoms with E-state index in [-0.39, 0.29) is 10.5 Å². The Morgan fingerprint density at radius 2 is 2.15 bits per heavy atom.